The summed E-state index contributed by atoms with van der Waals surface area (Å²) in [6.45, 7) is 2.30. The van der Waals surface area contributed by atoms with Crippen molar-refractivity contribution in [2.75, 3.05) is 13.2 Å². The highest BCUT2D eigenvalue weighted by atomic mass is 16.4. The number of H-pyrrole nitrogens is 1. The minimum atomic E-state index is -1.52. The number of carboxylic acid groups (broad SMARTS) is 1. The van der Waals surface area contributed by atoms with Gasteiger partial charge in [-0.3, -0.25) is 14.4 Å². The highest BCUT2D eigenvalue weighted by Crippen LogP contribution is 2.01. The first-order valence-electron chi connectivity index (χ1n) is 8.59. The van der Waals surface area contributed by atoms with Crippen LogP contribution in [-0.4, -0.2) is 75.1 Å². The number of nitrogens with one attached hydrogen (secondary N) is 4. The van der Waals surface area contributed by atoms with E-state index in [1.807, 2.05) is 0 Å². The molecular weight excluding hydrogens is 372 g/mol. The summed E-state index contributed by atoms with van der Waals surface area (Å²) in [4.78, 5) is 53.9. The number of aliphatic hydroxyl groups excluding tert-OH is 1. The number of aliphatic hydroxyl groups is 1. The molecule has 8 N–H and O–H groups in total. The van der Waals surface area contributed by atoms with Gasteiger partial charge in [0.2, 0.25) is 17.7 Å². The maximum atomic E-state index is 12.4. The van der Waals surface area contributed by atoms with Gasteiger partial charge < -0.3 is 36.9 Å². The van der Waals surface area contributed by atoms with Crippen LogP contribution in [0.15, 0.2) is 12.5 Å². The molecule has 0 bridgehead atoms. The van der Waals surface area contributed by atoms with Crippen LogP contribution in [0.5, 0.6) is 0 Å². The molecule has 0 aliphatic carbocycles. The van der Waals surface area contributed by atoms with Crippen molar-refractivity contribution in [1.29, 1.82) is 0 Å². The number of aromatic amines is 1. The third kappa shape index (κ3) is 7.32. The fourth-order valence-electron chi connectivity index (χ4n) is 2.12. The lowest BCUT2D eigenvalue weighted by atomic mass is 10.1. The average molecular weight is 398 g/mol. The van der Waals surface area contributed by atoms with Gasteiger partial charge in [0, 0.05) is 18.3 Å². The normalized spacial score (nSPS) is 14.0. The van der Waals surface area contributed by atoms with Crippen LogP contribution in [0.4, 0.5) is 0 Å². The van der Waals surface area contributed by atoms with E-state index in [9.17, 15) is 19.2 Å². The van der Waals surface area contributed by atoms with Crippen molar-refractivity contribution in [2.45, 2.75) is 38.4 Å². The zero-order valence-corrected chi connectivity index (χ0v) is 15.6. The zero-order valence-electron chi connectivity index (χ0n) is 15.6. The molecule has 3 atom stereocenters. The number of nitrogens with zero attached hydrogens (tertiary/aromatic N) is 1. The lowest BCUT2D eigenvalue weighted by Crippen LogP contribution is -2.55. The van der Waals surface area contributed by atoms with Crippen LogP contribution >= 0.6 is 0 Å². The minimum absolute atomic E-state index is 0.00516. The van der Waals surface area contributed by atoms with Crippen LogP contribution in [-0.2, 0) is 25.6 Å². The molecule has 1 heterocycles. The number of aromatic nitrogens is 2. The van der Waals surface area contributed by atoms with Crippen molar-refractivity contribution in [3.8, 4) is 0 Å². The second kappa shape index (κ2) is 11.0. The Morgan fingerprint density at radius 3 is 2.36 bits per heavy atom. The molecule has 0 aliphatic heterocycles. The number of carbonyl (C=O) groups excluding carboxylic acids is 3. The third-order valence-corrected chi connectivity index (χ3v) is 3.87. The minimum Gasteiger partial charge on any atom is -0.480 e. The average Bonchev–Trinajstić information content (AvgIpc) is 3.15. The number of carbonyl (C=O) groups is 4. The van der Waals surface area contributed by atoms with E-state index in [0.717, 1.165) is 0 Å². The topological polar surface area (TPSA) is 200 Å². The van der Waals surface area contributed by atoms with Gasteiger partial charge in [0.1, 0.15) is 12.1 Å². The summed E-state index contributed by atoms with van der Waals surface area (Å²) >= 11 is 0. The molecule has 0 fully saturated rings. The van der Waals surface area contributed by atoms with Crippen LogP contribution in [0.3, 0.4) is 0 Å². The molecule has 0 aliphatic rings. The molecule has 12 heteroatoms. The fourth-order valence-corrected chi connectivity index (χ4v) is 2.12. The lowest BCUT2D eigenvalue weighted by Gasteiger charge is -2.21. The first-order chi connectivity index (χ1) is 13.1. The summed E-state index contributed by atoms with van der Waals surface area (Å²) in [5, 5.41) is 24.9. The predicted molar refractivity (Wildman–Crippen MR) is 96.7 cm³/mol. The Labute approximate surface area is 161 Å². The van der Waals surface area contributed by atoms with Crippen LogP contribution in [0, 0.1) is 5.92 Å². The molecule has 3 unspecified atom stereocenters. The summed E-state index contributed by atoms with van der Waals surface area (Å²) in [6, 6.07) is -3.45. The van der Waals surface area contributed by atoms with Gasteiger partial charge >= 0.3 is 5.97 Å². The maximum Gasteiger partial charge on any atom is 0.328 e. The van der Waals surface area contributed by atoms with E-state index in [2.05, 4.69) is 25.9 Å². The monoisotopic (exact) mass is 398 g/mol. The summed E-state index contributed by atoms with van der Waals surface area (Å²) in [7, 11) is 0. The van der Waals surface area contributed by atoms with Crippen molar-refractivity contribution < 1.29 is 29.4 Å². The molecule has 0 spiro atoms. The van der Waals surface area contributed by atoms with E-state index >= 15 is 0 Å². The van der Waals surface area contributed by atoms with E-state index in [-0.39, 0.29) is 12.3 Å². The Balaban J connectivity index is 2.74. The van der Waals surface area contributed by atoms with Gasteiger partial charge in [0.25, 0.3) is 0 Å². The van der Waals surface area contributed by atoms with Gasteiger partial charge in [0.05, 0.1) is 25.5 Å². The highest BCUT2D eigenvalue weighted by molar-refractivity contribution is 5.92. The van der Waals surface area contributed by atoms with E-state index < -0.39 is 55.0 Å². The molecule has 0 saturated carbocycles. The number of rotatable bonds is 11. The van der Waals surface area contributed by atoms with Gasteiger partial charge in [0.15, 0.2) is 0 Å². The predicted octanol–water partition coefficient (Wildman–Crippen LogP) is -2.90. The molecule has 1 rings (SSSR count). The van der Waals surface area contributed by atoms with Crippen molar-refractivity contribution in [1.82, 2.24) is 25.9 Å². The fraction of sp³-hybridized carbons (Fsp3) is 0.562. The zero-order chi connectivity index (χ0) is 21.3. The summed E-state index contributed by atoms with van der Waals surface area (Å²) < 4.78 is 0. The quantitative estimate of drug-likeness (QED) is 0.206. The van der Waals surface area contributed by atoms with Crippen LogP contribution in [0.1, 0.15) is 19.5 Å². The molecule has 0 aromatic carbocycles. The number of nitrogens with two attached hydrogens (primary N) is 1. The third-order valence-electron chi connectivity index (χ3n) is 3.87. The molecule has 0 radical (unpaired) electrons. The number of amides is 3. The first kappa shape index (κ1) is 23.0. The molecule has 1 aromatic rings. The second-order valence-electron chi connectivity index (χ2n) is 6.47. The highest BCUT2D eigenvalue weighted by Gasteiger charge is 2.27. The number of imidazole rings is 1. The summed E-state index contributed by atoms with van der Waals surface area (Å²) in [5.74, 6) is -3.52. The van der Waals surface area contributed by atoms with E-state index in [1.165, 1.54) is 12.5 Å². The van der Waals surface area contributed by atoms with Gasteiger partial charge in [-0.05, 0) is 5.92 Å². The van der Waals surface area contributed by atoms with E-state index in [4.69, 9.17) is 15.9 Å². The van der Waals surface area contributed by atoms with Crippen molar-refractivity contribution >= 4 is 23.7 Å². The van der Waals surface area contributed by atoms with Crippen LogP contribution < -0.4 is 21.7 Å². The smallest absolute Gasteiger partial charge is 0.328 e. The Morgan fingerprint density at radius 1 is 1.18 bits per heavy atom. The maximum absolute atomic E-state index is 12.4. The first-order valence-corrected chi connectivity index (χ1v) is 8.59. The number of aliphatic carboxylic acids is 1. The van der Waals surface area contributed by atoms with E-state index in [0.29, 0.717) is 5.69 Å². The lowest BCUT2D eigenvalue weighted by molar-refractivity contribution is -0.143. The Hall–Kier alpha value is -2.99. The summed E-state index contributed by atoms with van der Waals surface area (Å²) in [6.07, 6.45) is 2.82. The molecule has 1 aromatic heterocycles. The number of hydrogen-bond donors (Lipinski definition) is 7. The Bertz CT molecular complexity index is 677. The number of carboxylic acids is 1. The Morgan fingerprint density at radius 2 is 1.86 bits per heavy atom. The number of hydrogen-bond acceptors (Lipinski definition) is 7. The second-order valence-corrected chi connectivity index (χ2v) is 6.47. The van der Waals surface area contributed by atoms with Gasteiger partial charge in [-0.25, -0.2) is 9.78 Å². The van der Waals surface area contributed by atoms with Crippen molar-refractivity contribution in [3.05, 3.63) is 18.2 Å². The molecule has 156 valence electrons. The van der Waals surface area contributed by atoms with Crippen LogP contribution in [0.2, 0.25) is 0 Å². The summed E-state index contributed by atoms with van der Waals surface area (Å²) in [5.41, 5.74) is 6.20. The molecule has 28 heavy (non-hydrogen) atoms. The standard InChI is InChI=1S/C16H26N6O6/c1-8(2)13(17)15(26)19-5-12(24)21-10(3-9-4-18-7-20-9)14(25)22-11(6-23)16(27)28/h4,7-8,10-11,13,23H,3,5-6,17H2,1-2H3,(H,18,20)(H,19,26)(H,21,24)(H,22,25)(H,27,28). The van der Waals surface area contributed by atoms with Crippen molar-refractivity contribution in [3.63, 3.8) is 0 Å². The largest absolute Gasteiger partial charge is 0.480 e. The molecular formula is C16H26N6O6. The molecule has 12 nitrogen and oxygen atoms in total. The Kier molecular flexibility index (Phi) is 9.05. The van der Waals surface area contributed by atoms with Crippen LogP contribution in [0.25, 0.3) is 0 Å². The molecule has 0 saturated heterocycles. The van der Waals surface area contributed by atoms with Crippen molar-refractivity contribution in [2.24, 2.45) is 11.7 Å². The SMILES string of the molecule is CC(C)C(N)C(=O)NCC(=O)NC(Cc1cnc[nH]1)C(=O)NC(CO)C(=O)O. The molecule has 3 amide bonds. The van der Waals surface area contributed by atoms with Gasteiger partial charge in [-0.15, -0.1) is 0 Å². The van der Waals surface area contributed by atoms with Gasteiger partial charge in [-0.1, -0.05) is 13.8 Å². The van der Waals surface area contributed by atoms with E-state index in [1.54, 1.807) is 13.8 Å². The van der Waals surface area contributed by atoms with Gasteiger partial charge in [-0.2, -0.15) is 0 Å².